The van der Waals surface area contributed by atoms with Crippen molar-refractivity contribution in [3.05, 3.63) is 35.4 Å². The Labute approximate surface area is 116 Å². The van der Waals surface area contributed by atoms with E-state index >= 15 is 0 Å². The van der Waals surface area contributed by atoms with Gasteiger partial charge in [-0.15, -0.1) is 0 Å². The van der Waals surface area contributed by atoms with Gasteiger partial charge in [-0.05, 0) is 17.5 Å². The Bertz CT molecular complexity index is 578. The van der Waals surface area contributed by atoms with E-state index in [1.54, 1.807) is 0 Å². The molecule has 1 heterocycles. The van der Waals surface area contributed by atoms with Gasteiger partial charge >= 0.3 is 0 Å². The molecule has 0 atom stereocenters. The van der Waals surface area contributed by atoms with E-state index in [9.17, 15) is 17.2 Å². The van der Waals surface area contributed by atoms with Crippen molar-refractivity contribution in [1.82, 2.24) is 9.03 Å². The molecule has 1 aliphatic rings. The van der Waals surface area contributed by atoms with Crippen molar-refractivity contribution in [1.29, 1.82) is 0 Å². The fourth-order valence-corrected chi connectivity index (χ4v) is 3.25. The van der Waals surface area contributed by atoms with Gasteiger partial charge in [-0.1, -0.05) is 24.3 Å². The van der Waals surface area contributed by atoms with Crippen LogP contribution in [0.15, 0.2) is 24.3 Å². The molecular weight excluding hydrogens is 288 g/mol. The van der Waals surface area contributed by atoms with Crippen molar-refractivity contribution in [2.24, 2.45) is 5.73 Å². The van der Waals surface area contributed by atoms with Crippen LogP contribution in [0.1, 0.15) is 11.1 Å². The maximum absolute atomic E-state index is 13.0. The molecule has 5 nitrogen and oxygen atoms in total. The minimum atomic E-state index is -3.92. The first kappa shape index (κ1) is 15.3. The first-order valence-corrected chi connectivity index (χ1v) is 7.67. The summed E-state index contributed by atoms with van der Waals surface area (Å²) in [4.78, 5) is 0. The molecule has 0 amide bonds. The largest absolute Gasteiger partial charge is 0.325 e. The molecule has 0 saturated heterocycles. The van der Waals surface area contributed by atoms with Crippen molar-refractivity contribution >= 4 is 10.2 Å². The zero-order valence-electron chi connectivity index (χ0n) is 10.9. The average Bonchev–Trinajstić information content (AvgIpc) is 2.45. The van der Waals surface area contributed by atoms with Gasteiger partial charge in [-0.25, -0.2) is 8.78 Å². The van der Waals surface area contributed by atoms with Crippen LogP contribution in [0.5, 0.6) is 0 Å². The normalized spacial score (nSPS) is 16.9. The van der Waals surface area contributed by atoms with Crippen LogP contribution in [-0.2, 0) is 23.2 Å². The summed E-state index contributed by atoms with van der Waals surface area (Å²) in [6, 6.07) is 7.49. The Hall–Kier alpha value is -1.09. The second-order valence-electron chi connectivity index (χ2n) is 4.74. The molecule has 0 saturated carbocycles. The topological polar surface area (TPSA) is 75.4 Å². The lowest BCUT2D eigenvalue weighted by Crippen LogP contribution is -2.48. The summed E-state index contributed by atoms with van der Waals surface area (Å²) in [6.45, 7) is -1.40. The number of halogens is 2. The van der Waals surface area contributed by atoms with E-state index in [2.05, 4.69) is 0 Å². The third-order valence-electron chi connectivity index (χ3n) is 3.25. The van der Waals surface area contributed by atoms with Gasteiger partial charge in [0.25, 0.3) is 16.1 Å². The molecule has 0 aromatic heterocycles. The van der Waals surface area contributed by atoms with Gasteiger partial charge in [0.2, 0.25) is 0 Å². The van der Waals surface area contributed by atoms with Crippen LogP contribution in [0.3, 0.4) is 0 Å². The van der Waals surface area contributed by atoms with Crippen molar-refractivity contribution < 1.29 is 17.2 Å². The van der Waals surface area contributed by atoms with Gasteiger partial charge in [0.1, 0.15) is 0 Å². The van der Waals surface area contributed by atoms with E-state index < -0.39 is 29.2 Å². The Balaban J connectivity index is 2.05. The monoisotopic (exact) mass is 305 g/mol. The Kier molecular flexibility index (Phi) is 4.38. The molecule has 1 aromatic carbocycles. The summed E-state index contributed by atoms with van der Waals surface area (Å²) in [5.74, 6) is -3.24. The second-order valence-corrected chi connectivity index (χ2v) is 6.49. The maximum Gasteiger partial charge on any atom is 0.279 e. The van der Waals surface area contributed by atoms with Gasteiger partial charge in [0.15, 0.2) is 0 Å². The number of nitrogens with zero attached hydrogens (tertiary/aromatic N) is 1. The van der Waals surface area contributed by atoms with Crippen molar-refractivity contribution in [2.75, 3.05) is 19.6 Å². The van der Waals surface area contributed by atoms with Crippen LogP contribution < -0.4 is 10.5 Å². The van der Waals surface area contributed by atoms with E-state index in [0.717, 1.165) is 11.1 Å². The molecule has 0 fully saturated rings. The predicted molar refractivity (Wildman–Crippen MR) is 71.5 cm³/mol. The molecular formula is C12H17F2N3O2S. The molecule has 0 unspecified atom stereocenters. The first-order valence-electron chi connectivity index (χ1n) is 6.23. The summed E-state index contributed by atoms with van der Waals surface area (Å²) in [6.07, 6.45) is 0.574. The van der Waals surface area contributed by atoms with E-state index in [0.29, 0.717) is 6.42 Å². The van der Waals surface area contributed by atoms with Crippen LogP contribution >= 0.6 is 0 Å². The number of benzene rings is 1. The van der Waals surface area contributed by atoms with Crippen LogP contribution in [0, 0.1) is 0 Å². The lowest BCUT2D eigenvalue weighted by molar-refractivity contribution is 0.0166. The van der Waals surface area contributed by atoms with Crippen molar-refractivity contribution in [2.45, 2.75) is 18.9 Å². The van der Waals surface area contributed by atoms with Gasteiger partial charge in [0, 0.05) is 13.1 Å². The summed E-state index contributed by atoms with van der Waals surface area (Å²) in [5, 5.41) is 0. The fraction of sp³-hybridized carbons (Fsp3) is 0.500. The van der Waals surface area contributed by atoms with E-state index in [4.69, 9.17) is 5.73 Å². The second kappa shape index (κ2) is 5.72. The third kappa shape index (κ3) is 3.51. The molecule has 0 aliphatic carbocycles. The number of hydrogen-bond donors (Lipinski definition) is 2. The fourth-order valence-electron chi connectivity index (χ4n) is 2.04. The van der Waals surface area contributed by atoms with E-state index in [-0.39, 0.29) is 13.1 Å². The Morgan fingerprint density at radius 2 is 1.95 bits per heavy atom. The highest BCUT2D eigenvalue weighted by Gasteiger charge is 2.32. The van der Waals surface area contributed by atoms with E-state index in [1.807, 2.05) is 29.0 Å². The van der Waals surface area contributed by atoms with Crippen molar-refractivity contribution in [3.63, 3.8) is 0 Å². The number of nitrogens with one attached hydrogen (secondary N) is 1. The summed E-state index contributed by atoms with van der Waals surface area (Å²) >= 11 is 0. The molecule has 0 bridgehead atoms. The van der Waals surface area contributed by atoms with Gasteiger partial charge < -0.3 is 5.73 Å². The maximum atomic E-state index is 13.0. The van der Waals surface area contributed by atoms with Gasteiger partial charge in [0.05, 0.1) is 13.1 Å². The number of nitrogens with two attached hydrogens (primary N) is 1. The smallest absolute Gasteiger partial charge is 0.279 e. The lowest BCUT2D eigenvalue weighted by Gasteiger charge is -2.28. The van der Waals surface area contributed by atoms with Crippen molar-refractivity contribution in [3.8, 4) is 0 Å². The van der Waals surface area contributed by atoms with Crippen LogP contribution in [0.25, 0.3) is 0 Å². The molecule has 1 aromatic rings. The van der Waals surface area contributed by atoms with Crippen LogP contribution in [0.2, 0.25) is 0 Å². The minimum absolute atomic E-state index is 0.194. The quantitative estimate of drug-likeness (QED) is 0.830. The molecule has 0 spiro atoms. The molecule has 3 N–H and O–H groups in total. The zero-order valence-corrected chi connectivity index (χ0v) is 11.7. The Morgan fingerprint density at radius 3 is 2.60 bits per heavy atom. The molecule has 8 heteroatoms. The lowest BCUT2D eigenvalue weighted by atomic mass is 10.0. The summed E-state index contributed by atoms with van der Waals surface area (Å²) in [5.41, 5.74) is 6.87. The van der Waals surface area contributed by atoms with Crippen LogP contribution in [0.4, 0.5) is 8.78 Å². The SMILES string of the molecule is NCC(F)(F)CNS(=O)(=O)N1CCc2ccccc2C1. The third-order valence-corrected chi connectivity index (χ3v) is 4.75. The molecule has 20 heavy (non-hydrogen) atoms. The van der Waals surface area contributed by atoms with Crippen LogP contribution in [-0.4, -0.2) is 38.3 Å². The summed E-state index contributed by atoms with van der Waals surface area (Å²) < 4.78 is 53.1. The summed E-state index contributed by atoms with van der Waals surface area (Å²) in [7, 11) is -3.92. The number of hydrogen-bond acceptors (Lipinski definition) is 3. The number of fused-ring (bicyclic) bond motifs is 1. The highest BCUT2D eigenvalue weighted by atomic mass is 32.2. The standard InChI is InChI=1S/C12H17F2N3O2S/c13-12(14,8-15)9-16-20(18,19)17-6-5-10-3-1-2-4-11(10)7-17/h1-4,16H,5-9,15H2. The highest BCUT2D eigenvalue weighted by molar-refractivity contribution is 7.87. The first-order chi connectivity index (χ1) is 9.34. The minimum Gasteiger partial charge on any atom is -0.325 e. The zero-order chi connectivity index (χ0) is 14.8. The predicted octanol–water partition coefficient (Wildman–Crippen LogP) is 0.473. The van der Waals surface area contributed by atoms with Gasteiger partial charge in [-0.3, -0.25) is 0 Å². The Morgan fingerprint density at radius 1 is 1.30 bits per heavy atom. The average molecular weight is 305 g/mol. The van der Waals surface area contributed by atoms with E-state index in [1.165, 1.54) is 4.31 Å². The molecule has 0 radical (unpaired) electrons. The molecule has 112 valence electrons. The number of alkyl halides is 2. The molecule has 2 rings (SSSR count). The highest BCUT2D eigenvalue weighted by Crippen LogP contribution is 2.20. The molecule has 1 aliphatic heterocycles. The number of rotatable bonds is 5. The van der Waals surface area contributed by atoms with Gasteiger partial charge in [-0.2, -0.15) is 17.4 Å².